The second-order valence-electron chi connectivity index (χ2n) is 7.39. The lowest BCUT2D eigenvalue weighted by atomic mass is 9.86. The fourth-order valence-corrected chi connectivity index (χ4v) is 3.29. The van der Waals surface area contributed by atoms with E-state index in [0.717, 1.165) is 0 Å². The molecule has 0 aromatic carbocycles. The lowest BCUT2D eigenvalue weighted by Gasteiger charge is -2.39. The first-order valence-corrected chi connectivity index (χ1v) is 9.14. The van der Waals surface area contributed by atoms with Gasteiger partial charge in [-0.1, -0.05) is 13.8 Å². The number of ether oxygens (including phenoxy) is 1. The van der Waals surface area contributed by atoms with Crippen molar-refractivity contribution >= 4 is 23.6 Å². The Labute approximate surface area is 158 Å². The van der Waals surface area contributed by atoms with Crippen LogP contribution in [0.25, 0.3) is 0 Å². The summed E-state index contributed by atoms with van der Waals surface area (Å²) in [6.45, 7) is 5.90. The maximum absolute atomic E-state index is 12.3. The minimum Gasteiger partial charge on any atom is -0.491 e. The van der Waals surface area contributed by atoms with Crippen LogP contribution < -0.4 is 16.4 Å². The van der Waals surface area contributed by atoms with Crippen LogP contribution in [0.5, 0.6) is 0 Å². The molecule has 0 aromatic heterocycles. The molecule has 4 amide bonds. The summed E-state index contributed by atoms with van der Waals surface area (Å²) in [5, 5.41) is 5.02. The summed E-state index contributed by atoms with van der Waals surface area (Å²) in [7, 11) is 0. The average Bonchev–Trinajstić information content (AvgIpc) is 2.94. The average molecular weight is 380 g/mol. The molecule has 1 spiro atoms. The maximum Gasteiger partial charge on any atom is 0.248 e. The highest BCUT2D eigenvalue weighted by molar-refractivity contribution is 5.93. The van der Waals surface area contributed by atoms with Gasteiger partial charge in [-0.2, -0.15) is 0 Å². The van der Waals surface area contributed by atoms with Crippen LogP contribution in [0.2, 0.25) is 0 Å². The third kappa shape index (κ3) is 5.21. The smallest absolute Gasteiger partial charge is 0.248 e. The van der Waals surface area contributed by atoms with Crippen LogP contribution >= 0.6 is 0 Å². The van der Waals surface area contributed by atoms with Crippen molar-refractivity contribution in [2.24, 2.45) is 11.7 Å². The van der Waals surface area contributed by atoms with Gasteiger partial charge < -0.3 is 26.0 Å². The summed E-state index contributed by atoms with van der Waals surface area (Å²) in [5.41, 5.74) is 5.43. The monoisotopic (exact) mass is 380 g/mol. The molecule has 150 valence electrons. The molecule has 9 nitrogen and oxygen atoms in total. The molecule has 2 aliphatic rings. The van der Waals surface area contributed by atoms with Gasteiger partial charge in [0.1, 0.15) is 11.4 Å². The van der Waals surface area contributed by atoms with Crippen molar-refractivity contribution in [3.63, 3.8) is 0 Å². The number of allylic oxidation sites excluding steroid dienone is 1. The Morgan fingerprint density at radius 3 is 2.30 bits per heavy atom. The molecule has 0 saturated carbocycles. The molecule has 0 aromatic rings. The number of rotatable bonds is 6. The number of piperidine rings is 1. The van der Waals surface area contributed by atoms with Crippen molar-refractivity contribution in [3.8, 4) is 0 Å². The molecule has 0 unspecified atom stereocenters. The van der Waals surface area contributed by atoms with Gasteiger partial charge in [0.15, 0.2) is 0 Å². The number of hydrogen-bond acceptors (Lipinski definition) is 5. The molecule has 0 radical (unpaired) electrons. The van der Waals surface area contributed by atoms with Crippen LogP contribution in [0.1, 0.15) is 40.0 Å². The van der Waals surface area contributed by atoms with Crippen molar-refractivity contribution < 1.29 is 23.9 Å². The summed E-state index contributed by atoms with van der Waals surface area (Å²) in [4.78, 5) is 48.6. The van der Waals surface area contributed by atoms with Crippen LogP contribution in [0.3, 0.4) is 0 Å². The SMILES string of the molecule is CC1=C(C(N)=O)CC2(CCN(C(=O)CNC(=O)CNC(=O)C(C)C)CC2)O1. The first-order valence-electron chi connectivity index (χ1n) is 9.14. The molecule has 27 heavy (non-hydrogen) atoms. The first kappa shape index (κ1) is 20.7. The van der Waals surface area contributed by atoms with Crippen molar-refractivity contribution in [2.45, 2.75) is 45.6 Å². The predicted octanol–water partition coefficient (Wildman–Crippen LogP) is -0.584. The minimum atomic E-state index is -0.463. The topological polar surface area (TPSA) is 131 Å². The summed E-state index contributed by atoms with van der Waals surface area (Å²) in [6, 6.07) is 0. The van der Waals surface area contributed by atoms with Gasteiger partial charge in [-0.25, -0.2) is 0 Å². The Morgan fingerprint density at radius 1 is 1.15 bits per heavy atom. The number of likely N-dealkylation sites (tertiary alicyclic amines) is 1. The molecule has 9 heteroatoms. The van der Waals surface area contributed by atoms with E-state index in [-0.39, 0.29) is 30.8 Å². The first-order chi connectivity index (χ1) is 12.6. The van der Waals surface area contributed by atoms with E-state index in [1.165, 1.54) is 0 Å². The predicted molar refractivity (Wildman–Crippen MR) is 97.0 cm³/mol. The second-order valence-corrected chi connectivity index (χ2v) is 7.39. The van der Waals surface area contributed by atoms with Gasteiger partial charge in [0.2, 0.25) is 23.6 Å². The third-order valence-electron chi connectivity index (χ3n) is 5.00. The van der Waals surface area contributed by atoms with Crippen molar-refractivity contribution in [1.29, 1.82) is 0 Å². The molecular weight excluding hydrogens is 352 g/mol. The number of carbonyl (C=O) groups is 4. The van der Waals surface area contributed by atoms with Crippen molar-refractivity contribution in [3.05, 3.63) is 11.3 Å². The van der Waals surface area contributed by atoms with E-state index in [0.29, 0.717) is 43.7 Å². The molecular formula is C18H28N4O5. The molecule has 0 bridgehead atoms. The van der Waals surface area contributed by atoms with E-state index >= 15 is 0 Å². The van der Waals surface area contributed by atoms with E-state index in [1.54, 1.807) is 25.7 Å². The minimum absolute atomic E-state index is 0.117. The number of amides is 4. The summed E-state index contributed by atoms with van der Waals surface area (Å²) >= 11 is 0. The van der Waals surface area contributed by atoms with Crippen molar-refractivity contribution in [2.75, 3.05) is 26.2 Å². The zero-order chi connectivity index (χ0) is 20.2. The van der Waals surface area contributed by atoms with Gasteiger partial charge >= 0.3 is 0 Å². The number of nitrogens with one attached hydrogen (secondary N) is 2. The van der Waals surface area contributed by atoms with Crippen molar-refractivity contribution in [1.82, 2.24) is 15.5 Å². The van der Waals surface area contributed by atoms with E-state index in [9.17, 15) is 19.2 Å². The Kier molecular flexibility index (Phi) is 6.45. The number of primary amides is 1. The Balaban J connectivity index is 1.73. The van der Waals surface area contributed by atoms with Gasteiger partial charge in [0, 0.05) is 38.3 Å². The van der Waals surface area contributed by atoms with Gasteiger partial charge in [-0.05, 0) is 6.92 Å². The largest absolute Gasteiger partial charge is 0.491 e. The summed E-state index contributed by atoms with van der Waals surface area (Å²) in [5.74, 6) is -0.907. The zero-order valence-electron chi connectivity index (χ0n) is 16.1. The van der Waals surface area contributed by atoms with Crippen LogP contribution in [0, 0.1) is 5.92 Å². The van der Waals surface area contributed by atoms with Gasteiger partial charge in [-0.15, -0.1) is 0 Å². The van der Waals surface area contributed by atoms with E-state index in [1.807, 2.05) is 0 Å². The molecule has 4 N–H and O–H groups in total. The molecule has 0 atom stereocenters. The van der Waals surface area contributed by atoms with E-state index in [4.69, 9.17) is 10.5 Å². The molecule has 1 saturated heterocycles. The van der Waals surface area contributed by atoms with E-state index in [2.05, 4.69) is 10.6 Å². The number of hydrogen-bond donors (Lipinski definition) is 3. The van der Waals surface area contributed by atoms with E-state index < -0.39 is 17.4 Å². The Hall–Kier alpha value is -2.58. The normalized spacial score (nSPS) is 18.4. The van der Waals surface area contributed by atoms with Crippen LogP contribution in [0.15, 0.2) is 11.3 Å². The van der Waals surface area contributed by atoms with Gasteiger partial charge in [0.25, 0.3) is 0 Å². The molecule has 1 fully saturated rings. The molecule has 2 heterocycles. The lowest BCUT2D eigenvalue weighted by Crippen LogP contribution is -2.50. The standard InChI is InChI=1S/C18H28N4O5/c1-11(2)17(26)21-9-14(23)20-10-15(24)22-6-4-18(5-7-22)8-13(16(19)25)12(3)27-18/h11H,4-10H2,1-3H3,(H2,19,25)(H,20,23)(H,21,26). The lowest BCUT2D eigenvalue weighted by molar-refractivity contribution is -0.136. The van der Waals surface area contributed by atoms with Crippen LogP contribution in [-0.2, 0) is 23.9 Å². The zero-order valence-corrected chi connectivity index (χ0v) is 16.1. The fraction of sp³-hybridized carbons (Fsp3) is 0.667. The van der Waals surface area contributed by atoms with Crippen LogP contribution in [-0.4, -0.2) is 60.3 Å². The summed E-state index contributed by atoms with van der Waals surface area (Å²) in [6.07, 6.45) is 1.68. The quantitative estimate of drug-likeness (QED) is 0.567. The number of nitrogens with zero attached hydrogens (tertiary/aromatic N) is 1. The Morgan fingerprint density at radius 2 is 1.78 bits per heavy atom. The van der Waals surface area contributed by atoms with Gasteiger partial charge in [-0.3, -0.25) is 19.2 Å². The highest BCUT2D eigenvalue weighted by Crippen LogP contribution is 2.41. The number of carbonyl (C=O) groups excluding carboxylic acids is 4. The maximum atomic E-state index is 12.3. The fourth-order valence-electron chi connectivity index (χ4n) is 3.29. The molecule has 2 rings (SSSR count). The molecule has 0 aliphatic carbocycles. The number of nitrogens with two attached hydrogens (primary N) is 1. The van der Waals surface area contributed by atoms with Crippen LogP contribution in [0.4, 0.5) is 0 Å². The Bertz CT molecular complexity index is 663. The second kappa shape index (κ2) is 8.41. The highest BCUT2D eigenvalue weighted by Gasteiger charge is 2.44. The third-order valence-corrected chi connectivity index (χ3v) is 5.00. The highest BCUT2D eigenvalue weighted by atomic mass is 16.5. The van der Waals surface area contributed by atoms with Gasteiger partial charge in [0.05, 0.1) is 18.7 Å². The summed E-state index contributed by atoms with van der Waals surface area (Å²) < 4.78 is 5.89. The molecule has 2 aliphatic heterocycles.